The molecular formula is C15H21NO4. The minimum absolute atomic E-state index is 0.0977. The Morgan fingerprint density at radius 3 is 2.35 bits per heavy atom. The van der Waals surface area contributed by atoms with E-state index in [9.17, 15) is 9.59 Å². The van der Waals surface area contributed by atoms with Crippen molar-refractivity contribution in [2.45, 2.75) is 39.0 Å². The van der Waals surface area contributed by atoms with Gasteiger partial charge in [0.15, 0.2) is 0 Å². The van der Waals surface area contributed by atoms with Gasteiger partial charge in [0.2, 0.25) is 0 Å². The van der Waals surface area contributed by atoms with E-state index in [1.54, 1.807) is 0 Å². The molecule has 0 spiro atoms. The van der Waals surface area contributed by atoms with Crippen LogP contribution in [-0.4, -0.2) is 23.8 Å². The number of carboxylic acids is 1. The van der Waals surface area contributed by atoms with Crippen molar-refractivity contribution >= 4 is 17.7 Å². The molecule has 0 aliphatic carbocycles. The van der Waals surface area contributed by atoms with Crippen molar-refractivity contribution in [1.29, 1.82) is 0 Å². The summed E-state index contributed by atoms with van der Waals surface area (Å²) in [6, 6.07) is 7.56. The number of rotatable bonds is 6. The number of anilines is 1. The number of amides is 1. The van der Waals surface area contributed by atoms with Gasteiger partial charge in [-0.05, 0) is 29.5 Å². The standard InChI is InChI=1S/C15H21NO4/c1-4-15(2,3)11-5-7-12(8-6-11)16-14(19)20-10-9-13(17)18/h5-8H,4,9-10H2,1-3H3,(H,16,19)(H,17,18). The van der Waals surface area contributed by atoms with Gasteiger partial charge in [-0.3, -0.25) is 10.1 Å². The summed E-state index contributed by atoms with van der Waals surface area (Å²) in [6.07, 6.45) is 0.183. The van der Waals surface area contributed by atoms with Crippen molar-refractivity contribution < 1.29 is 19.4 Å². The second kappa shape index (κ2) is 6.93. The number of carbonyl (C=O) groups excluding carboxylic acids is 1. The minimum atomic E-state index is -0.996. The Labute approximate surface area is 118 Å². The minimum Gasteiger partial charge on any atom is -0.481 e. The van der Waals surface area contributed by atoms with Crippen LogP contribution in [0, 0.1) is 0 Å². The second-order valence-corrected chi connectivity index (χ2v) is 5.22. The van der Waals surface area contributed by atoms with Gasteiger partial charge in [-0.2, -0.15) is 0 Å². The summed E-state index contributed by atoms with van der Waals surface area (Å²) in [4.78, 5) is 21.7. The van der Waals surface area contributed by atoms with Crippen LogP contribution in [-0.2, 0) is 14.9 Å². The fourth-order valence-electron chi connectivity index (χ4n) is 1.59. The summed E-state index contributed by atoms with van der Waals surface area (Å²) in [7, 11) is 0. The molecule has 0 fully saturated rings. The van der Waals surface area contributed by atoms with Crippen LogP contribution in [0.1, 0.15) is 39.2 Å². The molecule has 0 unspecified atom stereocenters. The van der Waals surface area contributed by atoms with Crippen LogP contribution in [0.25, 0.3) is 0 Å². The highest BCUT2D eigenvalue weighted by atomic mass is 16.5. The zero-order valence-corrected chi connectivity index (χ0v) is 12.1. The molecule has 0 radical (unpaired) electrons. The van der Waals surface area contributed by atoms with Gasteiger partial charge in [0.1, 0.15) is 6.61 Å². The number of hydrogen-bond acceptors (Lipinski definition) is 3. The summed E-state index contributed by atoms with van der Waals surface area (Å²) in [5, 5.41) is 11.0. The molecule has 1 rings (SSSR count). The Balaban J connectivity index is 2.53. The third-order valence-corrected chi connectivity index (χ3v) is 3.35. The molecule has 0 aromatic heterocycles. The SMILES string of the molecule is CCC(C)(C)c1ccc(NC(=O)OCCC(=O)O)cc1. The molecule has 0 aliphatic heterocycles. The van der Waals surface area contributed by atoms with Gasteiger partial charge in [0.05, 0.1) is 6.42 Å². The summed E-state index contributed by atoms with van der Waals surface area (Å²) < 4.78 is 4.74. The van der Waals surface area contributed by atoms with Crippen molar-refractivity contribution in [2.24, 2.45) is 0 Å². The summed E-state index contributed by atoms with van der Waals surface area (Å²) in [6.45, 7) is 6.32. The molecule has 2 N–H and O–H groups in total. The predicted molar refractivity (Wildman–Crippen MR) is 77.0 cm³/mol. The van der Waals surface area contributed by atoms with E-state index in [4.69, 9.17) is 9.84 Å². The number of hydrogen-bond donors (Lipinski definition) is 2. The normalized spacial score (nSPS) is 10.9. The summed E-state index contributed by atoms with van der Waals surface area (Å²) in [5.74, 6) is -0.996. The molecule has 0 heterocycles. The Kier molecular flexibility index (Phi) is 5.55. The molecule has 0 saturated carbocycles. The second-order valence-electron chi connectivity index (χ2n) is 5.22. The fraction of sp³-hybridized carbons (Fsp3) is 0.467. The lowest BCUT2D eigenvalue weighted by Gasteiger charge is -2.23. The molecule has 5 nitrogen and oxygen atoms in total. The quantitative estimate of drug-likeness (QED) is 0.836. The van der Waals surface area contributed by atoms with Crippen LogP contribution >= 0.6 is 0 Å². The highest BCUT2D eigenvalue weighted by Crippen LogP contribution is 2.27. The van der Waals surface area contributed by atoms with Gasteiger partial charge in [0.25, 0.3) is 0 Å². The van der Waals surface area contributed by atoms with Crippen molar-refractivity contribution in [3.63, 3.8) is 0 Å². The van der Waals surface area contributed by atoms with E-state index in [1.807, 2.05) is 24.3 Å². The van der Waals surface area contributed by atoms with Gasteiger partial charge in [-0.25, -0.2) is 4.79 Å². The maximum absolute atomic E-state index is 11.4. The molecule has 5 heteroatoms. The maximum Gasteiger partial charge on any atom is 0.411 e. The van der Waals surface area contributed by atoms with Gasteiger partial charge < -0.3 is 9.84 Å². The largest absolute Gasteiger partial charge is 0.481 e. The van der Waals surface area contributed by atoms with E-state index in [0.29, 0.717) is 5.69 Å². The van der Waals surface area contributed by atoms with Crippen molar-refractivity contribution in [3.05, 3.63) is 29.8 Å². The first kappa shape index (κ1) is 16.0. The highest BCUT2D eigenvalue weighted by molar-refractivity contribution is 5.84. The molecule has 1 aromatic rings. The van der Waals surface area contributed by atoms with Crippen LogP contribution in [0.2, 0.25) is 0 Å². The Bertz CT molecular complexity index is 465. The molecular weight excluding hydrogens is 258 g/mol. The number of carbonyl (C=O) groups is 2. The predicted octanol–water partition coefficient (Wildman–Crippen LogP) is 3.40. The molecule has 0 saturated heterocycles. The number of carboxylic acid groups (broad SMARTS) is 1. The van der Waals surface area contributed by atoms with Crippen molar-refractivity contribution in [1.82, 2.24) is 0 Å². The fourth-order valence-corrected chi connectivity index (χ4v) is 1.59. The first-order valence-corrected chi connectivity index (χ1v) is 6.61. The van der Waals surface area contributed by atoms with Crippen molar-refractivity contribution in [2.75, 3.05) is 11.9 Å². The molecule has 0 atom stereocenters. The molecule has 1 aromatic carbocycles. The van der Waals surface area contributed by atoms with Crippen LogP contribution in [0.4, 0.5) is 10.5 Å². The third kappa shape index (κ3) is 4.91. The smallest absolute Gasteiger partial charge is 0.411 e. The maximum atomic E-state index is 11.4. The number of benzene rings is 1. The number of nitrogens with one attached hydrogen (secondary N) is 1. The van der Waals surface area contributed by atoms with E-state index in [2.05, 4.69) is 26.1 Å². The molecule has 0 aliphatic rings. The average Bonchev–Trinajstić information content (AvgIpc) is 2.39. The topological polar surface area (TPSA) is 75.6 Å². The van der Waals surface area contributed by atoms with Crippen molar-refractivity contribution in [3.8, 4) is 0 Å². The average molecular weight is 279 g/mol. The zero-order valence-electron chi connectivity index (χ0n) is 12.1. The Morgan fingerprint density at radius 1 is 1.25 bits per heavy atom. The van der Waals surface area contributed by atoms with E-state index in [-0.39, 0.29) is 18.4 Å². The third-order valence-electron chi connectivity index (χ3n) is 3.35. The highest BCUT2D eigenvalue weighted by Gasteiger charge is 2.17. The van der Waals surface area contributed by atoms with E-state index in [0.717, 1.165) is 6.42 Å². The van der Waals surface area contributed by atoms with E-state index in [1.165, 1.54) is 5.56 Å². The van der Waals surface area contributed by atoms with Gasteiger partial charge in [0, 0.05) is 5.69 Å². The number of aliphatic carboxylic acids is 1. The van der Waals surface area contributed by atoms with E-state index >= 15 is 0 Å². The molecule has 1 amide bonds. The van der Waals surface area contributed by atoms with Gasteiger partial charge >= 0.3 is 12.1 Å². The Hall–Kier alpha value is -2.04. The first-order valence-electron chi connectivity index (χ1n) is 6.61. The first-order chi connectivity index (χ1) is 9.35. The van der Waals surface area contributed by atoms with Gasteiger partial charge in [-0.15, -0.1) is 0 Å². The van der Waals surface area contributed by atoms with Crippen LogP contribution < -0.4 is 5.32 Å². The number of ether oxygens (including phenoxy) is 1. The lowest BCUT2D eigenvalue weighted by Crippen LogP contribution is -2.17. The van der Waals surface area contributed by atoms with Crippen LogP contribution in [0.3, 0.4) is 0 Å². The summed E-state index contributed by atoms with van der Waals surface area (Å²) >= 11 is 0. The lowest BCUT2D eigenvalue weighted by molar-refractivity contribution is -0.137. The summed E-state index contributed by atoms with van der Waals surface area (Å²) in [5.41, 5.74) is 1.92. The molecule has 0 bridgehead atoms. The van der Waals surface area contributed by atoms with Gasteiger partial charge in [-0.1, -0.05) is 32.9 Å². The monoisotopic (exact) mass is 279 g/mol. The molecule has 110 valence electrons. The van der Waals surface area contributed by atoms with Crippen LogP contribution in [0.5, 0.6) is 0 Å². The van der Waals surface area contributed by atoms with Crippen LogP contribution in [0.15, 0.2) is 24.3 Å². The lowest BCUT2D eigenvalue weighted by atomic mass is 9.82. The van der Waals surface area contributed by atoms with E-state index < -0.39 is 12.1 Å². The molecule has 20 heavy (non-hydrogen) atoms. The zero-order chi connectivity index (χ0) is 15.2. The Morgan fingerprint density at radius 2 is 1.85 bits per heavy atom.